The van der Waals surface area contributed by atoms with E-state index < -0.39 is 0 Å². The second-order valence-electron chi connectivity index (χ2n) is 4.23. The van der Waals surface area contributed by atoms with Gasteiger partial charge in [0.2, 0.25) is 0 Å². The summed E-state index contributed by atoms with van der Waals surface area (Å²) in [6.07, 6.45) is 0. The number of rotatable bonds is 3. The summed E-state index contributed by atoms with van der Waals surface area (Å²) >= 11 is 3.48. The van der Waals surface area contributed by atoms with Gasteiger partial charge in [-0.1, -0.05) is 13.8 Å². The topological polar surface area (TPSA) is 60.7 Å². The zero-order valence-corrected chi connectivity index (χ0v) is 10.8. The van der Waals surface area contributed by atoms with Gasteiger partial charge in [0.05, 0.1) is 16.7 Å². The fraction of sp³-hybridized carbons (Fsp3) is 0.364. The quantitative estimate of drug-likeness (QED) is 0.811. The highest BCUT2D eigenvalue weighted by Gasteiger charge is 2.05. The number of imidazole rings is 1. The molecule has 2 aromatic rings. The molecule has 5 heteroatoms. The molecule has 86 valence electrons. The lowest BCUT2D eigenvalue weighted by Crippen LogP contribution is -2.08. The van der Waals surface area contributed by atoms with E-state index in [1.807, 2.05) is 12.1 Å². The summed E-state index contributed by atoms with van der Waals surface area (Å²) in [5, 5.41) is 3.33. The largest absolute Gasteiger partial charge is 0.384 e. The molecule has 0 radical (unpaired) electrons. The standard InChI is InChI=1S/C11H14BrN3O/c1-6(2)5-13-8-4-10-9(3-7(8)12)14-11(16)15-10/h3-4,6,13H,5H2,1-2H3,(H2,14,15,16). The second kappa shape index (κ2) is 4.33. The maximum absolute atomic E-state index is 11.1. The van der Waals surface area contributed by atoms with Gasteiger partial charge >= 0.3 is 5.69 Å². The first-order chi connectivity index (χ1) is 7.56. The Hall–Kier alpha value is -1.23. The van der Waals surface area contributed by atoms with Crippen LogP contribution >= 0.6 is 15.9 Å². The Bertz CT molecular complexity index is 556. The van der Waals surface area contributed by atoms with Gasteiger partial charge in [-0.25, -0.2) is 4.79 Å². The maximum Gasteiger partial charge on any atom is 0.323 e. The molecule has 0 bridgehead atoms. The third-order valence-electron chi connectivity index (χ3n) is 2.30. The molecule has 0 aliphatic rings. The van der Waals surface area contributed by atoms with Gasteiger partial charge in [0.25, 0.3) is 0 Å². The molecule has 0 aliphatic carbocycles. The van der Waals surface area contributed by atoms with Crippen LogP contribution < -0.4 is 11.0 Å². The van der Waals surface area contributed by atoms with E-state index in [0.29, 0.717) is 5.92 Å². The average molecular weight is 284 g/mol. The van der Waals surface area contributed by atoms with Crippen molar-refractivity contribution in [2.45, 2.75) is 13.8 Å². The highest BCUT2D eigenvalue weighted by Crippen LogP contribution is 2.26. The van der Waals surface area contributed by atoms with E-state index >= 15 is 0 Å². The number of fused-ring (bicyclic) bond motifs is 1. The van der Waals surface area contributed by atoms with Crippen LogP contribution in [-0.4, -0.2) is 16.5 Å². The lowest BCUT2D eigenvalue weighted by atomic mass is 10.2. The molecular formula is C11H14BrN3O. The van der Waals surface area contributed by atoms with Gasteiger partial charge in [-0.2, -0.15) is 0 Å². The lowest BCUT2D eigenvalue weighted by Gasteiger charge is -2.10. The summed E-state index contributed by atoms with van der Waals surface area (Å²) in [5.41, 5.74) is 2.45. The van der Waals surface area contributed by atoms with Crippen LogP contribution in [0, 0.1) is 5.92 Å². The summed E-state index contributed by atoms with van der Waals surface area (Å²) in [7, 11) is 0. The van der Waals surface area contributed by atoms with E-state index in [0.717, 1.165) is 27.7 Å². The first kappa shape index (κ1) is 11.3. The fourth-order valence-electron chi connectivity index (χ4n) is 1.51. The summed E-state index contributed by atoms with van der Waals surface area (Å²) in [4.78, 5) is 16.6. The van der Waals surface area contributed by atoms with Gasteiger partial charge in [0, 0.05) is 11.0 Å². The van der Waals surface area contributed by atoms with E-state index in [1.165, 1.54) is 0 Å². The second-order valence-corrected chi connectivity index (χ2v) is 5.09. The van der Waals surface area contributed by atoms with Gasteiger partial charge in [-0.05, 0) is 34.0 Å². The van der Waals surface area contributed by atoms with Crippen LogP contribution in [0.25, 0.3) is 11.0 Å². The number of nitrogens with one attached hydrogen (secondary N) is 3. The predicted octanol–water partition coefficient (Wildman–Crippen LogP) is 2.69. The van der Waals surface area contributed by atoms with Crippen molar-refractivity contribution in [2.75, 3.05) is 11.9 Å². The Morgan fingerprint density at radius 2 is 1.94 bits per heavy atom. The number of aromatic nitrogens is 2. The molecule has 2 rings (SSSR count). The van der Waals surface area contributed by atoms with Gasteiger partial charge in [0.1, 0.15) is 0 Å². The molecule has 1 aromatic heterocycles. The van der Waals surface area contributed by atoms with Crippen molar-refractivity contribution >= 4 is 32.7 Å². The lowest BCUT2D eigenvalue weighted by molar-refractivity contribution is 0.689. The molecule has 0 unspecified atom stereocenters. The van der Waals surface area contributed by atoms with Crippen molar-refractivity contribution in [3.05, 3.63) is 27.1 Å². The van der Waals surface area contributed by atoms with Gasteiger partial charge in [0.15, 0.2) is 0 Å². The predicted molar refractivity (Wildman–Crippen MR) is 69.9 cm³/mol. The Balaban J connectivity index is 2.37. The number of benzene rings is 1. The van der Waals surface area contributed by atoms with E-state index in [9.17, 15) is 4.79 Å². The normalized spacial score (nSPS) is 11.2. The first-order valence-electron chi connectivity index (χ1n) is 5.21. The molecule has 3 N–H and O–H groups in total. The monoisotopic (exact) mass is 283 g/mol. The minimum Gasteiger partial charge on any atom is -0.384 e. The Morgan fingerprint density at radius 3 is 2.56 bits per heavy atom. The average Bonchev–Trinajstić information content (AvgIpc) is 2.53. The Labute approximate surface area is 102 Å². The molecule has 0 saturated carbocycles. The van der Waals surface area contributed by atoms with E-state index in [1.54, 1.807) is 0 Å². The number of halogens is 1. The summed E-state index contributed by atoms with van der Waals surface area (Å²) < 4.78 is 0.955. The molecule has 1 heterocycles. The van der Waals surface area contributed by atoms with Crippen molar-refractivity contribution in [3.63, 3.8) is 0 Å². The van der Waals surface area contributed by atoms with Crippen LogP contribution in [-0.2, 0) is 0 Å². The van der Waals surface area contributed by atoms with Crippen molar-refractivity contribution in [1.82, 2.24) is 9.97 Å². The summed E-state index contributed by atoms with van der Waals surface area (Å²) in [5.74, 6) is 0.577. The van der Waals surface area contributed by atoms with Crippen LogP contribution in [0.1, 0.15) is 13.8 Å². The Kier molecular flexibility index (Phi) is 3.05. The number of hydrogen-bond donors (Lipinski definition) is 3. The van der Waals surface area contributed by atoms with Crippen LogP contribution in [0.4, 0.5) is 5.69 Å². The molecule has 0 fully saturated rings. The van der Waals surface area contributed by atoms with Crippen LogP contribution in [0.15, 0.2) is 21.4 Å². The van der Waals surface area contributed by atoms with Crippen LogP contribution in [0.3, 0.4) is 0 Å². The van der Waals surface area contributed by atoms with Crippen molar-refractivity contribution in [1.29, 1.82) is 0 Å². The van der Waals surface area contributed by atoms with Gasteiger partial charge in [-0.15, -0.1) is 0 Å². The number of anilines is 1. The minimum absolute atomic E-state index is 0.178. The van der Waals surface area contributed by atoms with E-state index in [4.69, 9.17) is 0 Å². The molecule has 4 nitrogen and oxygen atoms in total. The molecule has 0 spiro atoms. The molecule has 0 amide bonds. The molecule has 16 heavy (non-hydrogen) atoms. The molecule has 0 saturated heterocycles. The van der Waals surface area contributed by atoms with Crippen LogP contribution in [0.5, 0.6) is 0 Å². The number of aromatic amines is 2. The number of H-pyrrole nitrogens is 2. The van der Waals surface area contributed by atoms with Crippen molar-refractivity contribution < 1.29 is 0 Å². The summed E-state index contributed by atoms with van der Waals surface area (Å²) in [6, 6.07) is 3.83. The minimum atomic E-state index is -0.178. The molecular weight excluding hydrogens is 270 g/mol. The highest BCUT2D eigenvalue weighted by molar-refractivity contribution is 9.10. The van der Waals surface area contributed by atoms with Crippen molar-refractivity contribution in [2.24, 2.45) is 5.92 Å². The van der Waals surface area contributed by atoms with Gasteiger partial charge < -0.3 is 15.3 Å². The molecule has 0 atom stereocenters. The van der Waals surface area contributed by atoms with Crippen LogP contribution in [0.2, 0.25) is 0 Å². The zero-order chi connectivity index (χ0) is 11.7. The molecule has 1 aromatic carbocycles. The van der Waals surface area contributed by atoms with E-state index in [2.05, 4.69) is 45.1 Å². The van der Waals surface area contributed by atoms with E-state index in [-0.39, 0.29) is 5.69 Å². The Morgan fingerprint density at radius 1 is 1.31 bits per heavy atom. The first-order valence-corrected chi connectivity index (χ1v) is 6.01. The fourth-order valence-corrected chi connectivity index (χ4v) is 1.99. The van der Waals surface area contributed by atoms with Gasteiger partial charge in [-0.3, -0.25) is 0 Å². The zero-order valence-electron chi connectivity index (χ0n) is 9.23. The van der Waals surface area contributed by atoms with Crippen molar-refractivity contribution in [3.8, 4) is 0 Å². The number of hydrogen-bond acceptors (Lipinski definition) is 2. The summed E-state index contributed by atoms with van der Waals surface area (Å²) in [6.45, 7) is 5.20. The highest BCUT2D eigenvalue weighted by atomic mass is 79.9. The third-order valence-corrected chi connectivity index (χ3v) is 2.96. The SMILES string of the molecule is CC(C)CNc1cc2[nH]c(=O)[nH]c2cc1Br. The maximum atomic E-state index is 11.1. The smallest absolute Gasteiger partial charge is 0.323 e. The molecule has 0 aliphatic heterocycles. The third kappa shape index (κ3) is 2.29.